The smallest absolute Gasteiger partial charge is 0.273 e. The van der Waals surface area contributed by atoms with Gasteiger partial charge in [0.1, 0.15) is 12.0 Å². The minimum atomic E-state index is -3.95. The summed E-state index contributed by atoms with van der Waals surface area (Å²) >= 11 is 0. The zero-order valence-corrected chi connectivity index (χ0v) is 26.2. The number of likely N-dealkylation sites (N-methyl/N-ethyl adjacent to an activating group) is 1. The van der Waals surface area contributed by atoms with E-state index in [1.54, 1.807) is 12.1 Å². The third kappa shape index (κ3) is 6.98. The number of halogens is 1. The zero-order valence-electron chi connectivity index (χ0n) is 25.4. The van der Waals surface area contributed by atoms with Crippen molar-refractivity contribution in [2.24, 2.45) is 0 Å². The maximum Gasteiger partial charge on any atom is 0.273 e. The number of aromatic nitrogens is 2. The van der Waals surface area contributed by atoms with Gasteiger partial charge in [0.05, 0.1) is 38.4 Å². The summed E-state index contributed by atoms with van der Waals surface area (Å²) in [7, 11) is -1.90. The minimum Gasteiger partial charge on any atom is -0.372 e. The van der Waals surface area contributed by atoms with Gasteiger partial charge in [0, 0.05) is 32.1 Å². The number of hydrogen-bond acceptors (Lipinski definition) is 8. The molecule has 2 aliphatic rings. The van der Waals surface area contributed by atoms with E-state index < -0.39 is 15.7 Å². The number of carbonyl (C=O) groups excluding carboxylic acids is 1. The third-order valence-electron chi connectivity index (χ3n) is 8.55. The predicted molar refractivity (Wildman–Crippen MR) is 172 cm³/mol. The number of fused-ring (bicyclic) bond motifs is 1. The summed E-state index contributed by atoms with van der Waals surface area (Å²) in [5.41, 5.74) is 5.43. The van der Waals surface area contributed by atoms with Crippen LogP contribution in [-0.2, 0) is 14.6 Å². The fourth-order valence-corrected chi connectivity index (χ4v) is 7.33. The lowest BCUT2D eigenvalue weighted by Crippen LogP contribution is -2.37. The second-order valence-corrected chi connectivity index (χ2v) is 13.7. The normalized spacial score (nSPS) is 17.7. The first-order valence-corrected chi connectivity index (χ1v) is 17.0. The molecule has 238 valence electrons. The Balaban J connectivity index is 1.25. The average Bonchev–Trinajstić information content (AvgIpc) is 3.46. The monoisotopic (exact) mass is 634 g/mol. The van der Waals surface area contributed by atoms with Crippen molar-refractivity contribution < 1.29 is 22.3 Å². The van der Waals surface area contributed by atoms with E-state index in [-0.39, 0.29) is 21.9 Å². The van der Waals surface area contributed by atoms with E-state index in [1.807, 2.05) is 19.2 Å². The van der Waals surface area contributed by atoms with E-state index in [0.29, 0.717) is 28.8 Å². The van der Waals surface area contributed by atoms with Crippen molar-refractivity contribution in [2.45, 2.75) is 54.5 Å². The van der Waals surface area contributed by atoms with Gasteiger partial charge < -0.3 is 19.9 Å². The fraction of sp³-hybridized carbons (Fsp3) is 0.394. The molecule has 2 saturated heterocycles. The molecule has 1 atom stereocenters. The van der Waals surface area contributed by atoms with Crippen molar-refractivity contribution in [3.05, 3.63) is 78.2 Å². The van der Waals surface area contributed by atoms with Crippen LogP contribution in [0.4, 0.5) is 15.8 Å². The van der Waals surface area contributed by atoms with Crippen molar-refractivity contribution in [1.82, 2.24) is 14.8 Å². The molecule has 3 aromatic carbocycles. The van der Waals surface area contributed by atoms with Crippen LogP contribution in [0.3, 0.4) is 0 Å². The van der Waals surface area contributed by atoms with Crippen molar-refractivity contribution in [3.63, 3.8) is 0 Å². The number of nitrogens with one attached hydrogen (secondary N) is 2. The van der Waals surface area contributed by atoms with Gasteiger partial charge >= 0.3 is 0 Å². The van der Waals surface area contributed by atoms with Gasteiger partial charge in [-0.1, -0.05) is 18.6 Å². The number of nitrogens with zero attached hydrogens (tertiary/aromatic N) is 4. The number of hydrogen-bond donors (Lipinski definition) is 2. The molecule has 0 saturated carbocycles. The van der Waals surface area contributed by atoms with Crippen molar-refractivity contribution in [3.8, 4) is 0 Å². The molecule has 0 aliphatic carbocycles. The second kappa shape index (κ2) is 13.6. The summed E-state index contributed by atoms with van der Waals surface area (Å²) in [6.45, 7) is 4.67. The highest BCUT2D eigenvalue weighted by Gasteiger charge is 2.24. The van der Waals surface area contributed by atoms with Crippen LogP contribution < -0.4 is 15.6 Å². The van der Waals surface area contributed by atoms with E-state index in [9.17, 15) is 17.6 Å². The summed E-state index contributed by atoms with van der Waals surface area (Å²) in [5.74, 6) is -1.00. The number of sulfone groups is 1. The van der Waals surface area contributed by atoms with E-state index in [1.165, 1.54) is 60.6 Å². The molecule has 45 heavy (non-hydrogen) atoms. The van der Waals surface area contributed by atoms with Crippen molar-refractivity contribution in [2.75, 3.05) is 55.5 Å². The van der Waals surface area contributed by atoms with Crippen molar-refractivity contribution >= 4 is 38.0 Å². The standard InChI is InChI=1S/C33H39FN6O4S/c1-38(18-19-39-16-4-2-5-17-39)30-12-8-11-28(32(30)36-31-13-3-6-20-44-31)33(41)37-40-29-15-14-27(21-24(29)23-35-40)45(42,43)26-10-7-9-25(34)22-26/h7-12,14-15,21-23,31,36H,2-6,13,16-20H2,1H3,(H,37,41). The van der Waals surface area contributed by atoms with Crippen LogP contribution in [0.2, 0.25) is 0 Å². The molecule has 0 bridgehead atoms. The third-order valence-corrected chi connectivity index (χ3v) is 10.3. The Morgan fingerprint density at radius 1 is 1.02 bits per heavy atom. The van der Waals surface area contributed by atoms with Gasteiger partial charge in [-0.25, -0.2) is 18.2 Å². The topological polar surface area (TPSA) is 109 Å². The number of carbonyl (C=O) groups is 1. The number of piperidine rings is 1. The molecule has 0 radical (unpaired) electrons. The number of ether oxygens (including phenoxy) is 1. The molecule has 0 spiro atoms. The maximum absolute atomic E-state index is 13.8. The Morgan fingerprint density at radius 2 is 1.82 bits per heavy atom. The summed E-state index contributed by atoms with van der Waals surface area (Å²) in [4.78, 5) is 19.7. The number of likely N-dealkylation sites (tertiary alicyclic amines) is 1. The number of rotatable bonds is 10. The van der Waals surface area contributed by atoms with Gasteiger partial charge in [-0.3, -0.25) is 4.79 Å². The van der Waals surface area contributed by atoms with E-state index >= 15 is 0 Å². The molecule has 2 aliphatic heterocycles. The second-order valence-electron chi connectivity index (χ2n) is 11.7. The first-order valence-electron chi connectivity index (χ1n) is 15.5. The highest BCUT2D eigenvalue weighted by atomic mass is 32.2. The Bertz CT molecular complexity index is 1770. The zero-order chi connectivity index (χ0) is 31.4. The molecular weight excluding hydrogens is 595 g/mol. The van der Waals surface area contributed by atoms with Crippen molar-refractivity contribution in [1.29, 1.82) is 0 Å². The summed E-state index contributed by atoms with van der Waals surface area (Å²) in [5, 5.41) is 8.35. The van der Waals surface area contributed by atoms with Crippen LogP contribution in [-0.4, -0.2) is 75.2 Å². The lowest BCUT2D eigenvalue weighted by molar-refractivity contribution is 0.0343. The Labute approximate surface area is 263 Å². The molecule has 12 heteroatoms. The quantitative estimate of drug-likeness (QED) is 0.244. The van der Waals surface area contributed by atoms with Gasteiger partial charge in [-0.2, -0.15) is 9.89 Å². The van der Waals surface area contributed by atoms with Gasteiger partial charge in [0.2, 0.25) is 9.84 Å². The van der Waals surface area contributed by atoms with E-state index in [2.05, 4.69) is 25.6 Å². The van der Waals surface area contributed by atoms with Gasteiger partial charge in [-0.05, 0) is 93.7 Å². The molecule has 1 aromatic heterocycles. The van der Waals surface area contributed by atoms with Gasteiger partial charge in [-0.15, -0.1) is 0 Å². The molecule has 1 unspecified atom stereocenters. The summed E-state index contributed by atoms with van der Waals surface area (Å²) in [6, 6.07) is 15.0. The predicted octanol–water partition coefficient (Wildman–Crippen LogP) is 5.25. The average molecular weight is 635 g/mol. The molecule has 10 nitrogen and oxygen atoms in total. The molecule has 1 amide bonds. The molecule has 3 heterocycles. The van der Waals surface area contributed by atoms with Crippen LogP contribution in [0, 0.1) is 5.82 Å². The Kier molecular flexibility index (Phi) is 9.34. The molecule has 6 rings (SSSR count). The summed E-state index contributed by atoms with van der Waals surface area (Å²) < 4.78 is 46.0. The van der Waals surface area contributed by atoms with E-state index in [4.69, 9.17) is 4.74 Å². The molecule has 4 aromatic rings. The number of benzene rings is 3. The lowest BCUT2D eigenvalue weighted by Gasteiger charge is -2.32. The number of para-hydroxylation sites is 1. The first-order chi connectivity index (χ1) is 21.8. The van der Waals surface area contributed by atoms with E-state index in [0.717, 1.165) is 57.2 Å². The van der Waals surface area contributed by atoms with Crippen LogP contribution >= 0.6 is 0 Å². The molecular formula is C33H39FN6O4S. The van der Waals surface area contributed by atoms with Crippen LogP contribution in [0.1, 0.15) is 48.9 Å². The van der Waals surface area contributed by atoms with Gasteiger partial charge in [0.25, 0.3) is 5.91 Å². The Morgan fingerprint density at radius 3 is 2.60 bits per heavy atom. The van der Waals surface area contributed by atoms with Crippen LogP contribution in [0.15, 0.2) is 76.7 Å². The fourth-order valence-electron chi connectivity index (χ4n) is 6.00. The SMILES string of the molecule is CN(CCN1CCCCC1)c1cccc(C(=O)Nn2ncc3cc(S(=O)(=O)c4cccc(F)c4)ccc32)c1NC1CCCCO1. The minimum absolute atomic E-state index is 0.00531. The highest BCUT2D eigenvalue weighted by Crippen LogP contribution is 2.32. The van der Waals surface area contributed by atoms with Crippen LogP contribution in [0.25, 0.3) is 10.9 Å². The largest absolute Gasteiger partial charge is 0.372 e. The summed E-state index contributed by atoms with van der Waals surface area (Å²) in [6.07, 6.45) is 7.94. The van der Waals surface area contributed by atoms with Gasteiger partial charge in [0.15, 0.2) is 0 Å². The Hall–Kier alpha value is -4.00. The molecule has 2 fully saturated rings. The highest BCUT2D eigenvalue weighted by molar-refractivity contribution is 7.91. The lowest BCUT2D eigenvalue weighted by atomic mass is 10.1. The first kappa shape index (κ1) is 31.0. The molecule has 2 N–H and O–H groups in total. The maximum atomic E-state index is 13.8. The number of amides is 1. The number of anilines is 2. The van der Waals surface area contributed by atoms with Crippen LogP contribution in [0.5, 0.6) is 0 Å².